The smallest absolute Gasteiger partial charge is 0.251 e. The molecule has 16 heavy (non-hydrogen) atoms. The van der Waals surface area contributed by atoms with Crippen LogP contribution in [-0.4, -0.2) is 42.5 Å². The van der Waals surface area contributed by atoms with Gasteiger partial charge in [-0.3, -0.25) is 4.79 Å². The number of carbonyl (C=O) groups excluding carboxylic acids is 1. The highest BCUT2D eigenvalue weighted by atomic mass is 16.5. The Bertz CT molecular complexity index is 336. The van der Waals surface area contributed by atoms with E-state index in [0.717, 1.165) is 0 Å². The van der Waals surface area contributed by atoms with Gasteiger partial charge < -0.3 is 20.3 Å². The van der Waals surface area contributed by atoms with E-state index in [-0.39, 0.29) is 24.8 Å². The third-order valence-electron chi connectivity index (χ3n) is 1.99. The van der Waals surface area contributed by atoms with Crippen LogP contribution in [0.4, 0.5) is 0 Å². The molecule has 0 saturated carbocycles. The molecule has 5 nitrogen and oxygen atoms in total. The number of nitrogens with one attached hydrogen (secondary N) is 1. The first-order chi connectivity index (χ1) is 7.63. The number of carbonyl (C=O) groups is 1. The van der Waals surface area contributed by atoms with Crippen LogP contribution < -0.4 is 5.32 Å². The van der Waals surface area contributed by atoms with Crippen molar-refractivity contribution in [3.63, 3.8) is 0 Å². The lowest BCUT2D eigenvalue weighted by Crippen LogP contribution is -2.34. The van der Waals surface area contributed by atoms with Crippen molar-refractivity contribution in [3.05, 3.63) is 29.8 Å². The van der Waals surface area contributed by atoms with Gasteiger partial charge in [-0.25, -0.2) is 0 Å². The molecule has 0 bridgehead atoms. The van der Waals surface area contributed by atoms with Gasteiger partial charge in [0.05, 0.1) is 12.7 Å². The number of hydrogen-bond donors (Lipinski definition) is 3. The Kier molecular flexibility index (Phi) is 4.75. The second kappa shape index (κ2) is 6.09. The van der Waals surface area contributed by atoms with E-state index in [1.54, 1.807) is 0 Å². The Morgan fingerprint density at radius 1 is 1.44 bits per heavy atom. The number of methoxy groups -OCH3 is 1. The number of benzene rings is 1. The second-order valence-corrected chi connectivity index (χ2v) is 3.37. The molecule has 0 heterocycles. The molecule has 1 amide bonds. The molecule has 5 heteroatoms. The summed E-state index contributed by atoms with van der Waals surface area (Å²) in [6, 6.07) is 5.88. The molecule has 1 rings (SSSR count). The van der Waals surface area contributed by atoms with Crippen molar-refractivity contribution < 1.29 is 19.7 Å². The highest BCUT2D eigenvalue weighted by molar-refractivity contribution is 5.94. The van der Waals surface area contributed by atoms with E-state index in [9.17, 15) is 9.90 Å². The van der Waals surface area contributed by atoms with Gasteiger partial charge in [0.25, 0.3) is 5.91 Å². The number of aromatic hydroxyl groups is 1. The number of phenols is 1. The van der Waals surface area contributed by atoms with Crippen LogP contribution in [0.3, 0.4) is 0 Å². The van der Waals surface area contributed by atoms with Gasteiger partial charge >= 0.3 is 0 Å². The number of hydrogen-bond acceptors (Lipinski definition) is 4. The Morgan fingerprint density at radius 3 is 2.62 bits per heavy atom. The van der Waals surface area contributed by atoms with Gasteiger partial charge in [0.1, 0.15) is 5.75 Å². The van der Waals surface area contributed by atoms with E-state index < -0.39 is 6.10 Å². The van der Waals surface area contributed by atoms with Crippen LogP contribution in [0.5, 0.6) is 5.75 Å². The van der Waals surface area contributed by atoms with Crippen molar-refractivity contribution in [1.82, 2.24) is 5.32 Å². The summed E-state index contributed by atoms with van der Waals surface area (Å²) in [5, 5.41) is 20.9. The van der Waals surface area contributed by atoms with Crippen LogP contribution in [0.2, 0.25) is 0 Å². The molecule has 88 valence electrons. The van der Waals surface area contributed by atoms with Crippen LogP contribution in [-0.2, 0) is 4.74 Å². The van der Waals surface area contributed by atoms with Crippen molar-refractivity contribution >= 4 is 5.91 Å². The standard InChI is InChI=1S/C11H15NO4/c1-16-7-10(14)6-12-11(15)8-2-4-9(13)5-3-8/h2-5,10,13-14H,6-7H2,1H3,(H,12,15). The van der Waals surface area contributed by atoms with Crippen molar-refractivity contribution in [2.75, 3.05) is 20.3 Å². The monoisotopic (exact) mass is 225 g/mol. The highest BCUT2D eigenvalue weighted by Gasteiger charge is 2.08. The first kappa shape index (κ1) is 12.5. The van der Waals surface area contributed by atoms with Gasteiger partial charge in [0.15, 0.2) is 0 Å². The molecule has 0 aliphatic rings. The van der Waals surface area contributed by atoms with E-state index in [2.05, 4.69) is 5.32 Å². The van der Waals surface area contributed by atoms with Crippen LogP contribution in [0, 0.1) is 0 Å². The van der Waals surface area contributed by atoms with Crippen molar-refractivity contribution in [3.8, 4) is 5.75 Å². The maximum atomic E-state index is 11.5. The summed E-state index contributed by atoms with van der Waals surface area (Å²) in [7, 11) is 1.48. The van der Waals surface area contributed by atoms with Gasteiger partial charge in [-0.2, -0.15) is 0 Å². The molecule has 0 saturated heterocycles. The zero-order valence-electron chi connectivity index (χ0n) is 9.01. The fourth-order valence-corrected chi connectivity index (χ4v) is 1.18. The minimum absolute atomic E-state index is 0.107. The lowest BCUT2D eigenvalue weighted by atomic mass is 10.2. The Hall–Kier alpha value is -1.59. The fourth-order valence-electron chi connectivity index (χ4n) is 1.18. The van der Waals surface area contributed by atoms with Crippen molar-refractivity contribution in [2.45, 2.75) is 6.10 Å². The largest absolute Gasteiger partial charge is 0.508 e. The van der Waals surface area contributed by atoms with E-state index in [1.807, 2.05) is 0 Å². The average Bonchev–Trinajstić information content (AvgIpc) is 2.27. The molecule has 0 aliphatic heterocycles. The highest BCUT2D eigenvalue weighted by Crippen LogP contribution is 2.09. The van der Waals surface area contributed by atoms with Gasteiger partial charge in [0.2, 0.25) is 0 Å². The Morgan fingerprint density at radius 2 is 2.06 bits per heavy atom. The van der Waals surface area contributed by atoms with Crippen LogP contribution in [0.15, 0.2) is 24.3 Å². The van der Waals surface area contributed by atoms with Crippen LogP contribution in [0.1, 0.15) is 10.4 Å². The average molecular weight is 225 g/mol. The molecule has 0 fully saturated rings. The molecule has 0 aliphatic carbocycles. The third kappa shape index (κ3) is 3.88. The van der Waals surface area contributed by atoms with Crippen molar-refractivity contribution in [2.24, 2.45) is 0 Å². The van der Waals surface area contributed by atoms with Gasteiger partial charge in [-0.15, -0.1) is 0 Å². The first-order valence-electron chi connectivity index (χ1n) is 4.87. The number of phenolic OH excluding ortho intramolecular Hbond substituents is 1. The summed E-state index contributed by atoms with van der Waals surface area (Å²) in [6.07, 6.45) is -0.717. The molecule has 0 spiro atoms. The number of ether oxygens (including phenoxy) is 1. The lowest BCUT2D eigenvalue weighted by Gasteiger charge is -2.10. The summed E-state index contributed by atoms with van der Waals surface area (Å²) in [5.74, 6) is -0.189. The minimum atomic E-state index is -0.717. The number of aliphatic hydroxyl groups excluding tert-OH is 1. The zero-order valence-corrected chi connectivity index (χ0v) is 9.01. The normalized spacial score (nSPS) is 12.1. The van der Waals surface area contributed by atoms with Crippen molar-refractivity contribution in [1.29, 1.82) is 0 Å². The van der Waals surface area contributed by atoms with E-state index in [1.165, 1.54) is 31.4 Å². The first-order valence-corrected chi connectivity index (χ1v) is 4.87. The van der Waals surface area contributed by atoms with E-state index in [0.29, 0.717) is 5.56 Å². The summed E-state index contributed by atoms with van der Waals surface area (Å²) in [6.45, 7) is 0.309. The fraction of sp³-hybridized carbons (Fsp3) is 0.364. The quantitative estimate of drug-likeness (QED) is 0.665. The number of amides is 1. The zero-order chi connectivity index (χ0) is 12.0. The maximum Gasteiger partial charge on any atom is 0.251 e. The number of aliphatic hydroxyl groups is 1. The molecule has 1 aromatic rings. The Labute approximate surface area is 93.7 Å². The van der Waals surface area contributed by atoms with Crippen LogP contribution >= 0.6 is 0 Å². The predicted octanol–water partition coefficient (Wildman–Crippen LogP) is 0.129. The van der Waals surface area contributed by atoms with E-state index >= 15 is 0 Å². The maximum absolute atomic E-state index is 11.5. The SMILES string of the molecule is COCC(O)CNC(=O)c1ccc(O)cc1. The Balaban J connectivity index is 2.43. The van der Waals surface area contributed by atoms with Gasteiger partial charge in [-0.1, -0.05) is 0 Å². The topological polar surface area (TPSA) is 78.8 Å². The molecule has 0 aromatic heterocycles. The molecule has 1 unspecified atom stereocenters. The summed E-state index contributed by atoms with van der Waals surface area (Å²) < 4.78 is 4.72. The molecule has 1 aromatic carbocycles. The molecule has 0 radical (unpaired) electrons. The molecular weight excluding hydrogens is 210 g/mol. The molecule has 3 N–H and O–H groups in total. The number of rotatable bonds is 5. The molecule has 1 atom stereocenters. The van der Waals surface area contributed by atoms with E-state index in [4.69, 9.17) is 9.84 Å². The van der Waals surface area contributed by atoms with Crippen LogP contribution in [0.25, 0.3) is 0 Å². The predicted molar refractivity (Wildman–Crippen MR) is 58.3 cm³/mol. The minimum Gasteiger partial charge on any atom is -0.508 e. The summed E-state index contributed by atoms with van der Waals surface area (Å²) >= 11 is 0. The molecular formula is C11H15NO4. The second-order valence-electron chi connectivity index (χ2n) is 3.37. The lowest BCUT2D eigenvalue weighted by molar-refractivity contribution is 0.0610. The summed E-state index contributed by atoms with van der Waals surface area (Å²) in [4.78, 5) is 11.5. The third-order valence-corrected chi connectivity index (χ3v) is 1.99. The van der Waals surface area contributed by atoms with Gasteiger partial charge in [-0.05, 0) is 24.3 Å². The van der Waals surface area contributed by atoms with Gasteiger partial charge in [0, 0.05) is 19.2 Å². The summed E-state index contributed by atoms with van der Waals surface area (Å²) in [5.41, 5.74) is 0.433.